The van der Waals surface area contributed by atoms with Gasteiger partial charge in [-0.2, -0.15) is 0 Å². The summed E-state index contributed by atoms with van der Waals surface area (Å²) in [5, 5.41) is 2.95. The number of likely N-dealkylation sites (N-methyl/N-ethyl adjacent to an activating group) is 1. The summed E-state index contributed by atoms with van der Waals surface area (Å²) in [5.41, 5.74) is 5.85. The van der Waals surface area contributed by atoms with Crippen molar-refractivity contribution in [1.82, 2.24) is 15.1 Å². The summed E-state index contributed by atoms with van der Waals surface area (Å²) in [6, 6.07) is -0.358. The van der Waals surface area contributed by atoms with E-state index in [0.717, 1.165) is 45.6 Å². The van der Waals surface area contributed by atoms with Gasteiger partial charge in [-0.25, -0.2) is 0 Å². The van der Waals surface area contributed by atoms with Crippen molar-refractivity contribution >= 4 is 5.91 Å². The zero-order valence-electron chi connectivity index (χ0n) is 13.4. The van der Waals surface area contributed by atoms with Gasteiger partial charge in [-0.05, 0) is 31.8 Å². The first-order chi connectivity index (χ1) is 9.52. The molecular weight excluding hydrogens is 252 g/mol. The fourth-order valence-corrected chi connectivity index (χ4v) is 2.59. The van der Waals surface area contributed by atoms with E-state index >= 15 is 0 Å². The third kappa shape index (κ3) is 6.68. The maximum absolute atomic E-state index is 11.8. The van der Waals surface area contributed by atoms with Gasteiger partial charge in [0.1, 0.15) is 0 Å². The Labute approximate surface area is 123 Å². The second-order valence-electron chi connectivity index (χ2n) is 6.16. The quantitative estimate of drug-likeness (QED) is 0.637. The van der Waals surface area contributed by atoms with Crippen molar-refractivity contribution in [3.63, 3.8) is 0 Å². The summed E-state index contributed by atoms with van der Waals surface area (Å²) >= 11 is 0. The number of amides is 1. The first-order valence-corrected chi connectivity index (χ1v) is 8.01. The van der Waals surface area contributed by atoms with Gasteiger partial charge in [0.2, 0.25) is 5.91 Å². The van der Waals surface area contributed by atoms with E-state index < -0.39 is 0 Å². The molecule has 1 rings (SSSR count). The Morgan fingerprint density at radius 2 is 1.80 bits per heavy atom. The lowest BCUT2D eigenvalue weighted by Gasteiger charge is -2.34. The van der Waals surface area contributed by atoms with Crippen LogP contribution in [-0.4, -0.2) is 67.6 Å². The van der Waals surface area contributed by atoms with E-state index in [4.69, 9.17) is 5.73 Å². The molecule has 0 aromatic carbocycles. The zero-order chi connectivity index (χ0) is 15.0. The largest absolute Gasteiger partial charge is 0.355 e. The van der Waals surface area contributed by atoms with Crippen LogP contribution >= 0.6 is 0 Å². The molecule has 1 atom stereocenters. The van der Waals surface area contributed by atoms with Crippen molar-refractivity contribution in [2.75, 3.05) is 45.8 Å². The smallest absolute Gasteiger partial charge is 0.236 e. The topological polar surface area (TPSA) is 61.6 Å². The lowest BCUT2D eigenvalue weighted by Crippen LogP contribution is -2.47. The molecule has 5 nitrogen and oxygen atoms in total. The van der Waals surface area contributed by atoms with Crippen molar-refractivity contribution in [3.8, 4) is 0 Å². The second-order valence-corrected chi connectivity index (χ2v) is 6.16. The van der Waals surface area contributed by atoms with Gasteiger partial charge in [0.15, 0.2) is 0 Å². The summed E-state index contributed by atoms with van der Waals surface area (Å²) in [6.07, 6.45) is 1.76. The molecule has 20 heavy (non-hydrogen) atoms. The predicted octanol–water partition coefficient (Wildman–Crippen LogP) is 0.504. The van der Waals surface area contributed by atoms with Crippen LogP contribution in [-0.2, 0) is 4.79 Å². The van der Waals surface area contributed by atoms with Crippen molar-refractivity contribution in [1.29, 1.82) is 0 Å². The van der Waals surface area contributed by atoms with Crippen LogP contribution in [0.15, 0.2) is 0 Å². The number of carbonyl (C=O) groups is 1. The van der Waals surface area contributed by atoms with Crippen molar-refractivity contribution in [3.05, 3.63) is 0 Å². The van der Waals surface area contributed by atoms with Gasteiger partial charge in [0.05, 0.1) is 6.04 Å². The first-order valence-electron chi connectivity index (χ1n) is 8.01. The normalized spacial score (nSPS) is 19.2. The van der Waals surface area contributed by atoms with E-state index in [2.05, 4.69) is 35.9 Å². The first kappa shape index (κ1) is 17.4. The number of nitrogens with two attached hydrogens (primary N) is 1. The fourth-order valence-electron chi connectivity index (χ4n) is 2.59. The van der Waals surface area contributed by atoms with E-state index in [-0.39, 0.29) is 11.9 Å². The summed E-state index contributed by atoms with van der Waals surface area (Å²) in [7, 11) is 0. The summed E-state index contributed by atoms with van der Waals surface area (Å²) in [4.78, 5) is 16.7. The highest BCUT2D eigenvalue weighted by atomic mass is 16.2. The maximum atomic E-state index is 11.8. The van der Waals surface area contributed by atoms with E-state index in [1.807, 2.05) is 0 Å². The van der Waals surface area contributed by atoms with Crippen LogP contribution in [0.1, 0.15) is 33.6 Å². The molecule has 118 valence electrons. The fraction of sp³-hybridized carbons (Fsp3) is 0.933. The number of hydrogen-bond donors (Lipinski definition) is 2. The Hall–Kier alpha value is -0.650. The highest BCUT2D eigenvalue weighted by Crippen LogP contribution is 2.03. The van der Waals surface area contributed by atoms with Gasteiger partial charge in [0, 0.05) is 32.7 Å². The predicted molar refractivity (Wildman–Crippen MR) is 83.6 cm³/mol. The van der Waals surface area contributed by atoms with Crippen LogP contribution in [0.25, 0.3) is 0 Å². The second kappa shape index (κ2) is 9.32. The molecule has 1 saturated heterocycles. The molecule has 1 heterocycles. The van der Waals surface area contributed by atoms with E-state index in [9.17, 15) is 4.79 Å². The van der Waals surface area contributed by atoms with E-state index in [1.54, 1.807) is 0 Å². The minimum Gasteiger partial charge on any atom is -0.355 e. The molecule has 0 radical (unpaired) electrons. The van der Waals surface area contributed by atoms with Gasteiger partial charge in [-0.3, -0.25) is 4.79 Å². The number of carbonyl (C=O) groups excluding carboxylic acids is 1. The van der Waals surface area contributed by atoms with Gasteiger partial charge < -0.3 is 20.9 Å². The Balaban J connectivity index is 2.06. The molecule has 3 N–H and O–H groups in total. The molecule has 1 aliphatic heterocycles. The molecule has 0 aliphatic carbocycles. The lowest BCUT2D eigenvalue weighted by atomic mass is 10.0. The molecule has 0 aromatic rings. The monoisotopic (exact) mass is 284 g/mol. The van der Waals surface area contributed by atoms with Gasteiger partial charge in [-0.15, -0.1) is 0 Å². The van der Waals surface area contributed by atoms with Crippen LogP contribution < -0.4 is 11.1 Å². The third-order valence-electron chi connectivity index (χ3n) is 3.92. The Morgan fingerprint density at radius 3 is 2.35 bits per heavy atom. The summed E-state index contributed by atoms with van der Waals surface area (Å²) < 4.78 is 0. The molecule has 0 saturated carbocycles. The number of rotatable bonds is 8. The van der Waals surface area contributed by atoms with Crippen molar-refractivity contribution in [2.24, 2.45) is 11.7 Å². The van der Waals surface area contributed by atoms with Gasteiger partial charge in [-0.1, -0.05) is 20.8 Å². The minimum absolute atomic E-state index is 0.00509. The molecule has 1 aliphatic rings. The zero-order valence-corrected chi connectivity index (χ0v) is 13.4. The van der Waals surface area contributed by atoms with E-state index in [0.29, 0.717) is 5.92 Å². The number of piperazine rings is 1. The molecule has 1 fully saturated rings. The molecule has 5 heteroatoms. The number of nitrogens with zero attached hydrogens (tertiary/aromatic N) is 2. The average molecular weight is 284 g/mol. The highest BCUT2D eigenvalue weighted by Gasteiger charge is 2.16. The molecule has 0 bridgehead atoms. The molecule has 1 amide bonds. The van der Waals surface area contributed by atoms with Crippen LogP contribution in [0.4, 0.5) is 0 Å². The van der Waals surface area contributed by atoms with Gasteiger partial charge >= 0.3 is 0 Å². The SMILES string of the molecule is CCN1CCN(CCCNC(=O)[C@@H](N)CC(C)C)CC1. The van der Waals surface area contributed by atoms with Gasteiger partial charge in [0.25, 0.3) is 0 Å². The molecule has 0 spiro atoms. The standard InChI is InChI=1S/C15H32N4O/c1-4-18-8-10-19(11-9-18)7-5-6-17-15(20)14(16)12-13(2)3/h13-14H,4-12,16H2,1-3H3,(H,17,20)/t14-/m0/s1. The third-order valence-corrected chi connectivity index (χ3v) is 3.92. The molecule has 0 unspecified atom stereocenters. The summed E-state index contributed by atoms with van der Waals surface area (Å²) in [6.45, 7) is 14.0. The Kier molecular flexibility index (Phi) is 8.11. The van der Waals surface area contributed by atoms with Crippen LogP contribution in [0.5, 0.6) is 0 Å². The van der Waals surface area contributed by atoms with Crippen LogP contribution in [0.2, 0.25) is 0 Å². The molecule has 0 aromatic heterocycles. The molecular formula is C15H32N4O. The number of nitrogens with one attached hydrogen (secondary N) is 1. The lowest BCUT2D eigenvalue weighted by molar-refractivity contribution is -0.122. The minimum atomic E-state index is -0.358. The van der Waals surface area contributed by atoms with Crippen molar-refractivity contribution in [2.45, 2.75) is 39.7 Å². The van der Waals surface area contributed by atoms with Crippen LogP contribution in [0, 0.1) is 5.92 Å². The number of hydrogen-bond acceptors (Lipinski definition) is 4. The Bertz CT molecular complexity index is 275. The van der Waals surface area contributed by atoms with Crippen LogP contribution in [0.3, 0.4) is 0 Å². The average Bonchev–Trinajstić information content (AvgIpc) is 2.43. The summed E-state index contributed by atoms with van der Waals surface area (Å²) in [5.74, 6) is 0.458. The van der Waals surface area contributed by atoms with E-state index in [1.165, 1.54) is 13.1 Å². The highest BCUT2D eigenvalue weighted by molar-refractivity contribution is 5.81. The van der Waals surface area contributed by atoms with Crippen molar-refractivity contribution < 1.29 is 4.79 Å². The Morgan fingerprint density at radius 1 is 1.20 bits per heavy atom. The maximum Gasteiger partial charge on any atom is 0.236 e.